The van der Waals surface area contributed by atoms with Gasteiger partial charge in [0.2, 0.25) is 0 Å². The zero-order valence-corrected chi connectivity index (χ0v) is 19.2. The molecule has 5 atom stereocenters. The van der Waals surface area contributed by atoms with Crippen molar-refractivity contribution in [3.8, 4) is 0 Å². The molecule has 3 rings (SSSR count). The highest BCUT2D eigenvalue weighted by molar-refractivity contribution is 9.10. The summed E-state index contributed by atoms with van der Waals surface area (Å²) in [7, 11) is 0. The molecule has 1 aromatic rings. The molecule has 31 heavy (non-hydrogen) atoms. The first-order valence-corrected chi connectivity index (χ1v) is 11.6. The van der Waals surface area contributed by atoms with Crippen LogP contribution >= 0.6 is 15.9 Å². The molecule has 1 N–H and O–H groups in total. The van der Waals surface area contributed by atoms with E-state index in [-0.39, 0.29) is 17.9 Å². The number of cyclic esters (lactones) is 1. The molecule has 1 aromatic carbocycles. The quantitative estimate of drug-likeness (QED) is 0.368. The molecule has 6 heteroatoms. The van der Waals surface area contributed by atoms with Crippen molar-refractivity contribution in [2.24, 2.45) is 11.8 Å². The number of esters is 2. The predicted molar refractivity (Wildman–Crippen MR) is 123 cm³/mol. The van der Waals surface area contributed by atoms with Crippen LogP contribution in [0.1, 0.15) is 44.6 Å². The van der Waals surface area contributed by atoms with Crippen LogP contribution in [-0.2, 0) is 19.1 Å². The molecular formula is C25H29BrO5. The van der Waals surface area contributed by atoms with Crippen LogP contribution < -0.4 is 0 Å². The summed E-state index contributed by atoms with van der Waals surface area (Å²) in [5, 5.41) is 10.3. The molecule has 1 aliphatic heterocycles. The van der Waals surface area contributed by atoms with E-state index in [2.05, 4.69) is 28.1 Å². The van der Waals surface area contributed by atoms with Crippen molar-refractivity contribution in [1.82, 2.24) is 0 Å². The Morgan fingerprint density at radius 1 is 1.26 bits per heavy atom. The number of aliphatic hydroxyl groups is 1. The summed E-state index contributed by atoms with van der Waals surface area (Å²) in [6, 6.07) is 7.57. The van der Waals surface area contributed by atoms with Gasteiger partial charge < -0.3 is 14.6 Å². The number of fused-ring (bicyclic) bond motifs is 1. The largest absolute Gasteiger partial charge is 0.460 e. The highest BCUT2D eigenvalue weighted by Gasteiger charge is 2.38. The topological polar surface area (TPSA) is 72.8 Å². The summed E-state index contributed by atoms with van der Waals surface area (Å²) in [5.41, 5.74) is 0.861. The lowest BCUT2D eigenvalue weighted by molar-refractivity contribution is -0.145. The summed E-state index contributed by atoms with van der Waals surface area (Å²) in [6.45, 7) is 1.88. The van der Waals surface area contributed by atoms with Gasteiger partial charge in [-0.05, 0) is 68.7 Å². The Bertz CT molecular complexity index is 859. The monoisotopic (exact) mass is 488 g/mol. The third-order valence-electron chi connectivity index (χ3n) is 5.72. The lowest BCUT2D eigenvalue weighted by atomic mass is 9.89. The summed E-state index contributed by atoms with van der Waals surface area (Å²) in [4.78, 5) is 24.8. The minimum absolute atomic E-state index is 0.0823. The number of carbonyl (C=O) groups is 2. The Kier molecular flexibility index (Phi) is 8.67. The second-order valence-electron chi connectivity index (χ2n) is 8.17. The van der Waals surface area contributed by atoms with Crippen LogP contribution in [0.2, 0.25) is 0 Å². The molecule has 1 aliphatic carbocycles. The van der Waals surface area contributed by atoms with Crippen molar-refractivity contribution >= 4 is 33.9 Å². The van der Waals surface area contributed by atoms with Gasteiger partial charge in [0.25, 0.3) is 0 Å². The lowest BCUT2D eigenvalue weighted by Crippen LogP contribution is -2.27. The number of allylic oxidation sites excluding steroid dienone is 2. The van der Waals surface area contributed by atoms with E-state index in [1.54, 1.807) is 12.2 Å². The number of rotatable bonds is 3. The van der Waals surface area contributed by atoms with E-state index in [0.717, 1.165) is 29.3 Å². The number of carbonyl (C=O) groups excluding carboxylic acids is 2. The van der Waals surface area contributed by atoms with Crippen molar-refractivity contribution < 1.29 is 24.2 Å². The highest BCUT2D eigenvalue weighted by atomic mass is 79.9. The van der Waals surface area contributed by atoms with Gasteiger partial charge >= 0.3 is 11.9 Å². The van der Waals surface area contributed by atoms with Gasteiger partial charge in [-0.1, -0.05) is 46.3 Å². The minimum atomic E-state index is -0.633. The molecule has 1 heterocycles. The maximum atomic E-state index is 12.6. The Labute approximate surface area is 191 Å². The maximum absolute atomic E-state index is 12.6. The van der Waals surface area contributed by atoms with Gasteiger partial charge in [-0.2, -0.15) is 0 Å². The first-order valence-electron chi connectivity index (χ1n) is 10.8. The van der Waals surface area contributed by atoms with Crippen LogP contribution in [0, 0.1) is 11.8 Å². The molecular weight excluding hydrogens is 460 g/mol. The smallest absolute Gasteiger partial charge is 0.331 e. The highest BCUT2D eigenvalue weighted by Crippen LogP contribution is 2.37. The summed E-state index contributed by atoms with van der Waals surface area (Å²) in [6.07, 6.45) is 12.7. The maximum Gasteiger partial charge on any atom is 0.331 e. The van der Waals surface area contributed by atoms with Gasteiger partial charge in [0.15, 0.2) is 0 Å². The number of hydrogen-bond donors (Lipinski definition) is 1. The van der Waals surface area contributed by atoms with Crippen molar-refractivity contribution in [1.29, 1.82) is 0 Å². The van der Waals surface area contributed by atoms with E-state index in [4.69, 9.17) is 9.47 Å². The first kappa shape index (κ1) is 23.5. The Balaban J connectivity index is 1.79. The van der Waals surface area contributed by atoms with E-state index in [9.17, 15) is 14.7 Å². The van der Waals surface area contributed by atoms with Crippen LogP contribution in [0.4, 0.5) is 0 Å². The zero-order valence-electron chi connectivity index (χ0n) is 17.7. The SMILES string of the molecule is C[C@H]1CCC/C=C/[C@@H]2C[C@H](O)C[C@H]2[C@H](OC(=O)/C=C/c2ccccc2Br)/C=C/C(=O)O1. The van der Waals surface area contributed by atoms with Crippen LogP contribution in [-0.4, -0.2) is 35.4 Å². The molecule has 0 aromatic heterocycles. The molecule has 0 bridgehead atoms. The molecule has 2 aliphatic rings. The second-order valence-corrected chi connectivity index (χ2v) is 9.03. The van der Waals surface area contributed by atoms with Crippen molar-refractivity contribution in [3.05, 3.63) is 64.7 Å². The third kappa shape index (κ3) is 7.18. The van der Waals surface area contributed by atoms with Crippen LogP contribution in [0.25, 0.3) is 6.08 Å². The molecule has 166 valence electrons. The first-order chi connectivity index (χ1) is 14.9. The van der Waals surface area contributed by atoms with Gasteiger partial charge in [0.05, 0.1) is 12.2 Å². The molecule has 0 radical (unpaired) electrons. The number of halogens is 1. The molecule has 0 amide bonds. The van der Waals surface area contributed by atoms with Gasteiger partial charge in [-0.3, -0.25) is 0 Å². The second kappa shape index (κ2) is 11.4. The predicted octanol–water partition coefficient (Wildman–Crippen LogP) is 4.99. The van der Waals surface area contributed by atoms with Gasteiger partial charge in [0.1, 0.15) is 6.10 Å². The fraction of sp³-hybridized carbons (Fsp3) is 0.440. The molecule has 0 saturated heterocycles. The van der Waals surface area contributed by atoms with E-state index >= 15 is 0 Å². The lowest BCUT2D eigenvalue weighted by Gasteiger charge is -2.24. The summed E-state index contributed by atoms with van der Waals surface area (Å²) in [5.74, 6) is -0.964. The van der Waals surface area contributed by atoms with Crippen LogP contribution in [0.5, 0.6) is 0 Å². The molecule has 0 unspecified atom stereocenters. The van der Waals surface area contributed by atoms with E-state index in [1.807, 2.05) is 31.2 Å². The van der Waals surface area contributed by atoms with Gasteiger partial charge in [-0.25, -0.2) is 9.59 Å². The summed E-state index contributed by atoms with van der Waals surface area (Å²) >= 11 is 3.45. The number of hydrogen-bond acceptors (Lipinski definition) is 5. The van der Waals surface area contributed by atoms with Crippen LogP contribution in [0.15, 0.2) is 59.1 Å². The van der Waals surface area contributed by atoms with Gasteiger partial charge in [-0.15, -0.1) is 0 Å². The minimum Gasteiger partial charge on any atom is -0.460 e. The summed E-state index contributed by atoms with van der Waals surface area (Å²) < 4.78 is 12.0. The fourth-order valence-corrected chi connectivity index (χ4v) is 4.57. The van der Waals surface area contributed by atoms with E-state index < -0.39 is 24.1 Å². The molecule has 1 saturated carbocycles. The van der Waals surface area contributed by atoms with Crippen molar-refractivity contribution in [2.75, 3.05) is 0 Å². The Hall–Kier alpha value is -2.18. The molecule has 1 fully saturated rings. The van der Waals surface area contributed by atoms with E-state index in [0.29, 0.717) is 12.8 Å². The number of ether oxygens (including phenoxy) is 2. The average molecular weight is 489 g/mol. The normalized spacial score (nSPS) is 31.6. The Morgan fingerprint density at radius 3 is 2.87 bits per heavy atom. The fourth-order valence-electron chi connectivity index (χ4n) is 4.15. The number of benzene rings is 1. The molecule has 0 spiro atoms. The molecule has 5 nitrogen and oxygen atoms in total. The zero-order chi connectivity index (χ0) is 22.2. The van der Waals surface area contributed by atoms with E-state index in [1.165, 1.54) is 12.2 Å². The standard InChI is InChI=1S/C25H29BrO5/c1-17-7-3-2-4-9-19-15-20(27)16-21(19)23(12-14-24(28)30-17)31-25(29)13-11-18-8-5-6-10-22(18)26/h4-6,8-14,17,19-21,23,27H,2-3,7,15-16H2,1H3/b9-4+,13-11+,14-12+/t17-,19+,20-,21+,23+/m0/s1. The van der Waals surface area contributed by atoms with Crippen LogP contribution in [0.3, 0.4) is 0 Å². The van der Waals surface area contributed by atoms with Crippen molar-refractivity contribution in [3.63, 3.8) is 0 Å². The Morgan fingerprint density at radius 2 is 2.06 bits per heavy atom. The number of aliphatic hydroxyl groups excluding tert-OH is 1. The van der Waals surface area contributed by atoms with Gasteiger partial charge in [0, 0.05) is 22.5 Å². The third-order valence-corrected chi connectivity index (χ3v) is 6.44. The van der Waals surface area contributed by atoms with Crippen molar-refractivity contribution in [2.45, 2.75) is 57.3 Å². The average Bonchev–Trinajstić information content (AvgIpc) is 3.10.